The molecular formula is C22H21ClN2O5S. The normalized spacial score (nSPS) is 11.0. The number of aryl methyl sites for hydroxylation is 1. The van der Waals surface area contributed by atoms with E-state index in [4.69, 9.17) is 21.1 Å². The molecule has 0 saturated heterocycles. The Hall–Kier alpha value is -3.23. The van der Waals surface area contributed by atoms with Crippen molar-refractivity contribution in [3.8, 4) is 11.5 Å². The van der Waals surface area contributed by atoms with Gasteiger partial charge in [-0.25, -0.2) is 8.42 Å². The van der Waals surface area contributed by atoms with Crippen LogP contribution in [0.25, 0.3) is 0 Å². The van der Waals surface area contributed by atoms with Gasteiger partial charge >= 0.3 is 0 Å². The molecule has 9 heteroatoms. The number of benzene rings is 3. The summed E-state index contributed by atoms with van der Waals surface area (Å²) in [6, 6.07) is 15.8. The Bertz CT molecular complexity index is 1210. The minimum atomic E-state index is -4.02. The van der Waals surface area contributed by atoms with Gasteiger partial charge in [0.05, 0.1) is 19.9 Å². The van der Waals surface area contributed by atoms with Crippen LogP contribution >= 0.6 is 11.6 Å². The predicted molar refractivity (Wildman–Crippen MR) is 121 cm³/mol. The number of halogens is 1. The highest BCUT2D eigenvalue weighted by Crippen LogP contribution is 2.30. The van der Waals surface area contributed by atoms with Gasteiger partial charge in [0.25, 0.3) is 15.9 Å². The Morgan fingerprint density at radius 3 is 2.19 bits per heavy atom. The predicted octanol–water partition coefficient (Wildman–Crippen LogP) is 4.72. The number of hydrogen-bond donors (Lipinski definition) is 2. The molecule has 0 bridgehead atoms. The van der Waals surface area contributed by atoms with Crippen molar-refractivity contribution in [2.24, 2.45) is 0 Å². The molecule has 3 rings (SSSR count). The van der Waals surface area contributed by atoms with E-state index in [1.807, 2.05) is 6.92 Å². The van der Waals surface area contributed by atoms with Crippen LogP contribution < -0.4 is 19.5 Å². The first-order chi connectivity index (χ1) is 14.7. The van der Waals surface area contributed by atoms with Crippen LogP contribution in [0.4, 0.5) is 11.4 Å². The molecule has 0 aliphatic carbocycles. The summed E-state index contributed by atoms with van der Waals surface area (Å²) in [6.45, 7) is 1.90. The van der Waals surface area contributed by atoms with Crippen molar-refractivity contribution in [1.29, 1.82) is 0 Å². The summed E-state index contributed by atoms with van der Waals surface area (Å²) < 4.78 is 38.9. The van der Waals surface area contributed by atoms with E-state index >= 15 is 0 Å². The molecule has 1 amide bonds. The number of carbonyl (C=O) groups is 1. The molecule has 3 aromatic rings. The fourth-order valence-corrected chi connectivity index (χ4v) is 4.26. The monoisotopic (exact) mass is 460 g/mol. The van der Waals surface area contributed by atoms with Gasteiger partial charge in [0.15, 0.2) is 0 Å². The molecule has 31 heavy (non-hydrogen) atoms. The van der Waals surface area contributed by atoms with Crippen LogP contribution in [0.3, 0.4) is 0 Å². The Labute approximate surface area is 186 Å². The highest BCUT2D eigenvalue weighted by molar-refractivity contribution is 7.92. The van der Waals surface area contributed by atoms with Gasteiger partial charge in [0.2, 0.25) is 0 Å². The lowest BCUT2D eigenvalue weighted by Gasteiger charge is -2.14. The number of amides is 1. The van der Waals surface area contributed by atoms with Crippen LogP contribution in [-0.4, -0.2) is 28.5 Å². The minimum absolute atomic E-state index is 0.108. The Morgan fingerprint density at radius 2 is 1.55 bits per heavy atom. The van der Waals surface area contributed by atoms with E-state index in [-0.39, 0.29) is 16.2 Å². The molecule has 0 unspecified atom stereocenters. The summed E-state index contributed by atoms with van der Waals surface area (Å²) in [5, 5.41) is 3.10. The number of methoxy groups -OCH3 is 2. The van der Waals surface area contributed by atoms with E-state index in [1.165, 1.54) is 32.4 Å². The van der Waals surface area contributed by atoms with Gasteiger partial charge in [-0.1, -0.05) is 29.3 Å². The molecule has 0 aliphatic rings. The van der Waals surface area contributed by atoms with Gasteiger partial charge in [0, 0.05) is 16.3 Å². The zero-order valence-corrected chi connectivity index (χ0v) is 18.7. The maximum absolute atomic E-state index is 13.0. The number of sulfonamides is 1. The number of anilines is 2. The van der Waals surface area contributed by atoms with E-state index < -0.39 is 15.9 Å². The summed E-state index contributed by atoms with van der Waals surface area (Å²) in [6.07, 6.45) is 0. The molecule has 0 aromatic heterocycles. The lowest BCUT2D eigenvalue weighted by Crippen LogP contribution is -2.17. The smallest absolute Gasteiger partial charge is 0.265 e. The summed E-state index contributed by atoms with van der Waals surface area (Å²) in [5.74, 6) is -0.00773. The van der Waals surface area contributed by atoms with Crippen molar-refractivity contribution in [3.05, 3.63) is 76.8 Å². The maximum Gasteiger partial charge on any atom is 0.265 e. The van der Waals surface area contributed by atoms with E-state index in [0.717, 1.165) is 5.56 Å². The second kappa shape index (κ2) is 9.28. The lowest BCUT2D eigenvalue weighted by atomic mass is 10.2. The maximum atomic E-state index is 13.0. The first-order valence-corrected chi connectivity index (χ1v) is 11.0. The van der Waals surface area contributed by atoms with Gasteiger partial charge in [-0.15, -0.1) is 0 Å². The van der Waals surface area contributed by atoms with Crippen LogP contribution in [0.15, 0.2) is 65.6 Å². The van der Waals surface area contributed by atoms with E-state index in [2.05, 4.69) is 10.0 Å². The molecule has 0 radical (unpaired) electrons. The zero-order chi connectivity index (χ0) is 22.6. The van der Waals surface area contributed by atoms with Crippen molar-refractivity contribution in [1.82, 2.24) is 0 Å². The summed E-state index contributed by atoms with van der Waals surface area (Å²) >= 11 is 6.00. The largest absolute Gasteiger partial charge is 0.495 e. The summed E-state index contributed by atoms with van der Waals surface area (Å²) in [5.41, 5.74) is 1.87. The first kappa shape index (κ1) is 22.5. The van der Waals surface area contributed by atoms with Crippen molar-refractivity contribution in [2.45, 2.75) is 11.8 Å². The van der Waals surface area contributed by atoms with Gasteiger partial charge in [-0.3, -0.25) is 9.52 Å². The number of hydrogen-bond acceptors (Lipinski definition) is 5. The molecule has 3 aromatic carbocycles. The third-order valence-electron chi connectivity index (χ3n) is 4.43. The van der Waals surface area contributed by atoms with Gasteiger partial charge < -0.3 is 14.8 Å². The SMILES string of the molecule is COc1ccc(Cl)cc1NC(=O)c1ccc(OC)c(S(=O)(=O)Nc2ccc(C)cc2)c1. The minimum Gasteiger partial charge on any atom is -0.495 e. The van der Waals surface area contributed by atoms with Gasteiger partial charge in [-0.2, -0.15) is 0 Å². The summed E-state index contributed by atoms with van der Waals surface area (Å²) in [4.78, 5) is 12.6. The van der Waals surface area contributed by atoms with Gasteiger partial charge in [0.1, 0.15) is 16.4 Å². The van der Waals surface area contributed by atoms with Crippen molar-refractivity contribution in [3.63, 3.8) is 0 Å². The zero-order valence-electron chi connectivity index (χ0n) is 17.1. The fourth-order valence-electron chi connectivity index (χ4n) is 2.83. The summed E-state index contributed by atoms with van der Waals surface area (Å²) in [7, 11) is -1.19. The molecule has 0 spiro atoms. The Balaban J connectivity index is 1.94. The van der Waals surface area contributed by atoms with Crippen LogP contribution in [0.2, 0.25) is 5.02 Å². The second-order valence-electron chi connectivity index (χ2n) is 6.64. The average Bonchev–Trinajstić information content (AvgIpc) is 2.75. The number of ether oxygens (including phenoxy) is 2. The number of nitrogens with one attached hydrogen (secondary N) is 2. The van der Waals surface area contributed by atoms with E-state index in [1.54, 1.807) is 42.5 Å². The number of carbonyl (C=O) groups excluding carboxylic acids is 1. The third kappa shape index (κ3) is 5.28. The molecule has 0 saturated carbocycles. The molecule has 0 heterocycles. The quantitative estimate of drug-likeness (QED) is 0.532. The molecule has 0 aliphatic heterocycles. The van der Waals surface area contributed by atoms with E-state index in [0.29, 0.717) is 22.1 Å². The van der Waals surface area contributed by atoms with Crippen LogP contribution in [0, 0.1) is 6.92 Å². The molecule has 162 valence electrons. The first-order valence-electron chi connectivity index (χ1n) is 9.16. The average molecular weight is 461 g/mol. The Kier molecular flexibility index (Phi) is 6.72. The van der Waals surface area contributed by atoms with Gasteiger partial charge in [-0.05, 0) is 55.5 Å². The van der Waals surface area contributed by atoms with E-state index in [9.17, 15) is 13.2 Å². The lowest BCUT2D eigenvalue weighted by molar-refractivity contribution is 0.102. The third-order valence-corrected chi connectivity index (χ3v) is 6.07. The van der Waals surface area contributed by atoms with Crippen molar-refractivity contribution >= 4 is 38.9 Å². The second-order valence-corrected chi connectivity index (χ2v) is 8.72. The van der Waals surface area contributed by atoms with Crippen LogP contribution in [0.1, 0.15) is 15.9 Å². The molecule has 7 nitrogen and oxygen atoms in total. The number of rotatable bonds is 7. The topological polar surface area (TPSA) is 93.7 Å². The fraction of sp³-hybridized carbons (Fsp3) is 0.136. The standard InChI is InChI=1S/C22H21ClN2O5S/c1-14-4-8-17(9-5-14)25-31(27,28)21-12-15(6-10-20(21)30-3)22(26)24-18-13-16(23)7-11-19(18)29-2/h4-13,25H,1-3H3,(H,24,26). The van der Waals surface area contributed by atoms with Crippen LogP contribution in [-0.2, 0) is 10.0 Å². The highest BCUT2D eigenvalue weighted by atomic mass is 35.5. The van der Waals surface area contributed by atoms with Crippen molar-refractivity contribution < 1.29 is 22.7 Å². The molecule has 0 atom stereocenters. The highest BCUT2D eigenvalue weighted by Gasteiger charge is 2.22. The van der Waals surface area contributed by atoms with Crippen molar-refractivity contribution in [2.75, 3.05) is 24.3 Å². The van der Waals surface area contributed by atoms with Crippen LogP contribution in [0.5, 0.6) is 11.5 Å². The Morgan fingerprint density at radius 1 is 0.903 bits per heavy atom. The molecular weight excluding hydrogens is 440 g/mol. The molecule has 2 N–H and O–H groups in total. The molecule has 0 fully saturated rings.